The van der Waals surface area contributed by atoms with Gasteiger partial charge in [0.25, 0.3) is 0 Å². The Bertz CT molecular complexity index is 792. The maximum absolute atomic E-state index is 12.5. The third-order valence-corrected chi connectivity index (χ3v) is 4.08. The lowest BCUT2D eigenvalue weighted by atomic mass is 10.1. The topological polar surface area (TPSA) is 30.2 Å². The quantitative estimate of drug-likeness (QED) is 0.501. The summed E-state index contributed by atoms with van der Waals surface area (Å²) in [5.74, 6) is 0.228. The zero-order chi connectivity index (χ0) is 14.1. The molecule has 0 bridgehead atoms. The largest absolute Gasteiger partial charge is 0.453 e. The average molecular weight is 303 g/mol. The van der Waals surface area contributed by atoms with Gasteiger partial charge in [-0.15, -0.1) is 11.8 Å². The van der Waals surface area contributed by atoms with Gasteiger partial charge in [-0.3, -0.25) is 4.79 Å². The molecule has 0 atom stereocenters. The van der Waals surface area contributed by atoms with E-state index >= 15 is 0 Å². The molecule has 2 aromatic carbocycles. The van der Waals surface area contributed by atoms with E-state index in [0.29, 0.717) is 21.9 Å². The molecule has 1 aromatic heterocycles. The number of ketones is 1. The van der Waals surface area contributed by atoms with Gasteiger partial charge in [0.1, 0.15) is 5.58 Å². The number of fused-ring (bicyclic) bond motifs is 1. The summed E-state index contributed by atoms with van der Waals surface area (Å²) in [5, 5.41) is 1.46. The third kappa shape index (κ3) is 2.35. The van der Waals surface area contributed by atoms with Gasteiger partial charge in [0.2, 0.25) is 5.78 Å². The molecule has 20 heavy (non-hydrogen) atoms. The summed E-state index contributed by atoms with van der Waals surface area (Å²) < 4.78 is 5.62. The molecule has 3 rings (SSSR count). The van der Waals surface area contributed by atoms with E-state index in [1.54, 1.807) is 36.0 Å². The Morgan fingerprint density at radius 2 is 1.95 bits per heavy atom. The number of benzene rings is 2. The van der Waals surface area contributed by atoms with Crippen molar-refractivity contribution in [1.82, 2.24) is 0 Å². The fourth-order valence-electron chi connectivity index (χ4n) is 2.09. The average Bonchev–Trinajstić information content (AvgIpc) is 2.89. The van der Waals surface area contributed by atoms with Crippen molar-refractivity contribution in [3.05, 3.63) is 64.9 Å². The van der Waals surface area contributed by atoms with Gasteiger partial charge in [0, 0.05) is 20.9 Å². The Morgan fingerprint density at radius 3 is 2.75 bits per heavy atom. The Labute approximate surface area is 125 Å². The predicted octanol–water partition coefficient (Wildman–Crippen LogP) is 5.04. The van der Waals surface area contributed by atoms with Gasteiger partial charge in [-0.1, -0.05) is 23.7 Å². The molecular weight excluding hydrogens is 292 g/mol. The number of carbonyl (C=O) groups is 1. The summed E-state index contributed by atoms with van der Waals surface area (Å²) in [7, 11) is 0. The van der Waals surface area contributed by atoms with E-state index in [1.807, 2.05) is 30.5 Å². The van der Waals surface area contributed by atoms with Gasteiger partial charge in [0.15, 0.2) is 5.76 Å². The van der Waals surface area contributed by atoms with Gasteiger partial charge >= 0.3 is 0 Å². The van der Waals surface area contributed by atoms with Crippen molar-refractivity contribution in [2.75, 3.05) is 6.26 Å². The highest BCUT2D eigenvalue weighted by molar-refractivity contribution is 7.98. The highest BCUT2D eigenvalue weighted by atomic mass is 35.5. The van der Waals surface area contributed by atoms with E-state index < -0.39 is 0 Å². The maximum atomic E-state index is 12.5. The van der Waals surface area contributed by atoms with Crippen LogP contribution in [0.2, 0.25) is 5.02 Å². The molecule has 0 aliphatic carbocycles. The molecule has 0 amide bonds. The lowest BCUT2D eigenvalue weighted by molar-refractivity contribution is 0.101. The van der Waals surface area contributed by atoms with Crippen molar-refractivity contribution >= 4 is 40.1 Å². The van der Waals surface area contributed by atoms with Crippen molar-refractivity contribution in [2.45, 2.75) is 4.90 Å². The summed E-state index contributed by atoms with van der Waals surface area (Å²) in [4.78, 5) is 13.5. The van der Waals surface area contributed by atoms with Gasteiger partial charge in [-0.25, -0.2) is 0 Å². The molecule has 2 nitrogen and oxygen atoms in total. The minimum absolute atomic E-state index is 0.109. The van der Waals surface area contributed by atoms with Gasteiger partial charge in [-0.05, 0) is 42.7 Å². The third-order valence-electron chi connectivity index (χ3n) is 3.05. The smallest absolute Gasteiger partial charge is 0.229 e. The number of hydrogen-bond donors (Lipinski definition) is 0. The lowest BCUT2D eigenvalue weighted by Gasteiger charge is -2.03. The predicted molar refractivity (Wildman–Crippen MR) is 82.9 cm³/mol. The number of carbonyl (C=O) groups excluding carboxylic acids is 1. The van der Waals surface area contributed by atoms with Gasteiger partial charge in [-0.2, -0.15) is 0 Å². The van der Waals surface area contributed by atoms with Crippen LogP contribution in [0.1, 0.15) is 16.1 Å². The number of halogens is 1. The Kier molecular flexibility index (Phi) is 3.55. The molecule has 0 aliphatic rings. The van der Waals surface area contributed by atoms with Crippen LogP contribution in [-0.4, -0.2) is 12.0 Å². The van der Waals surface area contributed by atoms with Gasteiger partial charge in [0.05, 0.1) is 0 Å². The molecule has 0 saturated heterocycles. The van der Waals surface area contributed by atoms with E-state index in [2.05, 4.69) is 0 Å². The second-order valence-electron chi connectivity index (χ2n) is 4.32. The molecule has 100 valence electrons. The van der Waals surface area contributed by atoms with Crippen LogP contribution in [0.3, 0.4) is 0 Å². The zero-order valence-electron chi connectivity index (χ0n) is 10.7. The fraction of sp³-hybridized carbons (Fsp3) is 0.0625. The molecule has 0 fully saturated rings. The molecular formula is C16H11ClO2S. The number of hydrogen-bond acceptors (Lipinski definition) is 3. The first-order valence-electron chi connectivity index (χ1n) is 6.06. The van der Waals surface area contributed by atoms with E-state index in [9.17, 15) is 4.79 Å². The van der Waals surface area contributed by atoms with Crippen molar-refractivity contribution in [3.8, 4) is 0 Å². The number of thioether (sulfide) groups is 1. The van der Waals surface area contributed by atoms with Crippen LogP contribution in [0.25, 0.3) is 11.0 Å². The molecule has 0 spiro atoms. The van der Waals surface area contributed by atoms with E-state index in [4.69, 9.17) is 16.0 Å². The summed E-state index contributed by atoms with van der Waals surface area (Å²) in [6.07, 6.45) is 1.95. The van der Waals surface area contributed by atoms with Crippen LogP contribution in [0, 0.1) is 0 Å². The fourth-order valence-corrected chi connectivity index (χ4v) is 2.87. The summed E-state index contributed by atoms with van der Waals surface area (Å²) >= 11 is 7.49. The van der Waals surface area contributed by atoms with E-state index in [1.165, 1.54) is 0 Å². The van der Waals surface area contributed by atoms with E-state index in [-0.39, 0.29) is 5.78 Å². The van der Waals surface area contributed by atoms with Crippen LogP contribution in [-0.2, 0) is 0 Å². The van der Waals surface area contributed by atoms with Crippen LogP contribution in [0.5, 0.6) is 0 Å². The van der Waals surface area contributed by atoms with Crippen LogP contribution >= 0.6 is 23.4 Å². The molecule has 4 heteroatoms. The highest BCUT2D eigenvalue weighted by Gasteiger charge is 2.17. The molecule has 3 aromatic rings. The van der Waals surface area contributed by atoms with E-state index in [0.717, 1.165) is 10.3 Å². The standard InChI is InChI=1S/C16H11ClO2S/c1-20-15-5-3-2-4-12(15)16(18)14-9-10-8-11(17)6-7-13(10)19-14/h2-9H,1H3. The van der Waals surface area contributed by atoms with Crippen LogP contribution in [0.15, 0.2) is 57.8 Å². The molecule has 0 radical (unpaired) electrons. The number of rotatable bonds is 3. The SMILES string of the molecule is CSc1ccccc1C(=O)c1cc2cc(Cl)ccc2o1. The molecule has 0 N–H and O–H groups in total. The molecule has 0 aliphatic heterocycles. The molecule has 1 heterocycles. The van der Waals surface area contributed by atoms with Crippen molar-refractivity contribution in [3.63, 3.8) is 0 Å². The monoisotopic (exact) mass is 302 g/mol. The normalized spacial score (nSPS) is 10.9. The highest BCUT2D eigenvalue weighted by Crippen LogP contribution is 2.27. The van der Waals surface area contributed by atoms with Crippen molar-refractivity contribution in [2.24, 2.45) is 0 Å². The minimum atomic E-state index is -0.109. The second-order valence-corrected chi connectivity index (χ2v) is 5.61. The number of furan rings is 1. The van der Waals surface area contributed by atoms with Gasteiger partial charge < -0.3 is 4.42 Å². The summed E-state index contributed by atoms with van der Waals surface area (Å²) in [6.45, 7) is 0. The van der Waals surface area contributed by atoms with Crippen LogP contribution < -0.4 is 0 Å². The van der Waals surface area contributed by atoms with Crippen LogP contribution in [0.4, 0.5) is 0 Å². The summed E-state index contributed by atoms with van der Waals surface area (Å²) in [6, 6.07) is 14.6. The first kappa shape index (κ1) is 13.3. The van der Waals surface area contributed by atoms with Crippen molar-refractivity contribution < 1.29 is 9.21 Å². The second kappa shape index (κ2) is 5.35. The zero-order valence-corrected chi connectivity index (χ0v) is 12.3. The lowest BCUT2D eigenvalue weighted by Crippen LogP contribution is -2.01. The Balaban J connectivity index is 2.08. The Hall–Kier alpha value is -1.71. The molecule has 0 unspecified atom stereocenters. The Morgan fingerprint density at radius 1 is 1.15 bits per heavy atom. The van der Waals surface area contributed by atoms with Crippen molar-refractivity contribution in [1.29, 1.82) is 0 Å². The first-order chi connectivity index (χ1) is 9.69. The summed E-state index contributed by atoms with van der Waals surface area (Å²) in [5.41, 5.74) is 1.32. The maximum Gasteiger partial charge on any atom is 0.229 e. The molecule has 0 saturated carbocycles. The first-order valence-corrected chi connectivity index (χ1v) is 7.66. The minimum Gasteiger partial charge on any atom is -0.453 e.